The van der Waals surface area contributed by atoms with Crippen molar-refractivity contribution < 1.29 is 14.7 Å². The Morgan fingerprint density at radius 2 is 1.86 bits per heavy atom. The van der Waals surface area contributed by atoms with Crippen molar-refractivity contribution in [1.82, 2.24) is 4.90 Å². The largest absolute Gasteiger partial charge is 0.481 e. The first-order valence-electron chi connectivity index (χ1n) is 4.91. The Morgan fingerprint density at radius 1 is 1.36 bits per heavy atom. The number of amides is 1. The highest BCUT2D eigenvalue weighted by Crippen LogP contribution is 2.09. The zero-order chi connectivity index (χ0) is 11.3. The molecule has 1 N–H and O–H groups in total. The van der Waals surface area contributed by atoms with Gasteiger partial charge in [-0.1, -0.05) is 13.3 Å². The van der Waals surface area contributed by atoms with Crippen molar-refractivity contribution in [2.45, 2.75) is 39.7 Å². The van der Waals surface area contributed by atoms with E-state index in [-0.39, 0.29) is 11.9 Å². The molecule has 0 aromatic carbocycles. The van der Waals surface area contributed by atoms with Crippen molar-refractivity contribution >= 4 is 11.9 Å². The Morgan fingerprint density at radius 3 is 2.21 bits per heavy atom. The average molecular weight is 201 g/mol. The van der Waals surface area contributed by atoms with E-state index in [1.807, 2.05) is 13.8 Å². The van der Waals surface area contributed by atoms with Gasteiger partial charge in [-0.2, -0.15) is 0 Å². The quantitative estimate of drug-likeness (QED) is 0.683. The Bertz CT molecular complexity index is 215. The van der Waals surface area contributed by atoms with Crippen molar-refractivity contribution in [3.05, 3.63) is 0 Å². The van der Waals surface area contributed by atoms with Crippen LogP contribution < -0.4 is 0 Å². The fraction of sp³-hybridized carbons (Fsp3) is 0.800. The molecule has 0 radical (unpaired) electrons. The molecule has 0 aliphatic heterocycles. The Kier molecular flexibility index (Phi) is 5.20. The van der Waals surface area contributed by atoms with Crippen LogP contribution >= 0.6 is 0 Å². The first-order valence-corrected chi connectivity index (χ1v) is 4.91. The maximum Gasteiger partial charge on any atom is 0.315 e. The molecule has 4 nitrogen and oxygen atoms in total. The topological polar surface area (TPSA) is 57.6 Å². The van der Waals surface area contributed by atoms with Crippen LogP contribution in [0.3, 0.4) is 0 Å². The van der Waals surface area contributed by atoms with Gasteiger partial charge < -0.3 is 10.0 Å². The van der Waals surface area contributed by atoms with Gasteiger partial charge in [0.2, 0.25) is 5.91 Å². The smallest absolute Gasteiger partial charge is 0.315 e. The lowest BCUT2D eigenvalue weighted by Gasteiger charge is -2.26. The van der Waals surface area contributed by atoms with Crippen molar-refractivity contribution in [2.24, 2.45) is 5.92 Å². The van der Waals surface area contributed by atoms with Gasteiger partial charge in [-0.25, -0.2) is 0 Å². The molecule has 0 bridgehead atoms. The second kappa shape index (κ2) is 5.62. The van der Waals surface area contributed by atoms with Gasteiger partial charge in [-0.15, -0.1) is 0 Å². The van der Waals surface area contributed by atoms with E-state index in [9.17, 15) is 9.59 Å². The number of hydrogen-bond acceptors (Lipinski definition) is 2. The Labute approximate surface area is 84.9 Å². The van der Waals surface area contributed by atoms with Crippen LogP contribution in [-0.2, 0) is 9.59 Å². The molecular formula is C10H19NO3. The second-order valence-electron chi connectivity index (χ2n) is 3.65. The first kappa shape index (κ1) is 12.9. The molecule has 0 aromatic rings. The number of carbonyl (C=O) groups is 2. The summed E-state index contributed by atoms with van der Waals surface area (Å²) >= 11 is 0. The van der Waals surface area contributed by atoms with Crippen molar-refractivity contribution in [1.29, 1.82) is 0 Å². The summed E-state index contributed by atoms with van der Waals surface area (Å²) in [6.07, 6.45) is 1.88. The number of aliphatic carboxylic acids is 1. The van der Waals surface area contributed by atoms with Crippen molar-refractivity contribution in [3.63, 3.8) is 0 Å². The highest BCUT2D eigenvalue weighted by molar-refractivity contribution is 5.96. The Hall–Kier alpha value is -1.06. The SMILES string of the molecule is CCCC(C)N(C)C(=O)C(C)C(=O)O. The minimum atomic E-state index is -1.06. The van der Waals surface area contributed by atoms with Crippen LogP contribution in [0.5, 0.6) is 0 Å². The molecule has 0 spiro atoms. The standard InChI is InChI=1S/C10H19NO3/c1-5-6-7(2)11(4)9(12)8(3)10(13)14/h7-8H,5-6H2,1-4H3,(H,13,14). The number of rotatable bonds is 5. The third-order valence-electron chi connectivity index (χ3n) is 2.46. The maximum atomic E-state index is 11.5. The monoisotopic (exact) mass is 201 g/mol. The van der Waals surface area contributed by atoms with Gasteiger partial charge in [-0.3, -0.25) is 9.59 Å². The fourth-order valence-electron chi connectivity index (χ4n) is 1.24. The molecule has 4 heteroatoms. The lowest BCUT2D eigenvalue weighted by molar-refractivity contribution is -0.150. The van der Waals surface area contributed by atoms with Crippen LogP contribution in [0.4, 0.5) is 0 Å². The third kappa shape index (κ3) is 3.36. The van der Waals surface area contributed by atoms with Gasteiger partial charge in [-0.05, 0) is 20.3 Å². The van der Waals surface area contributed by atoms with Crippen LogP contribution in [0.2, 0.25) is 0 Å². The number of carbonyl (C=O) groups excluding carboxylic acids is 1. The summed E-state index contributed by atoms with van der Waals surface area (Å²) in [5.41, 5.74) is 0. The lowest BCUT2D eigenvalue weighted by atomic mass is 10.1. The van der Waals surface area contributed by atoms with E-state index in [2.05, 4.69) is 0 Å². The zero-order valence-corrected chi connectivity index (χ0v) is 9.28. The average Bonchev–Trinajstić information content (AvgIpc) is 2.14. The summed E-state index contributed by atoms with van der Waals surface area (Å²) in [6.45, 7) is 5.38. The maximum absolute atomic E-state index is 11.5. The van der Waals surface area contributed by atoms with Gasteiger partial charge in [0.1, 0.15) is 5.92 Å². The normalized spacial score (nSPS) is 14.6. The first-order chi connectivity index (χ1) is 6.41. The van der Waals surface area contributed by atoms with Crippen LogP contribution in [0.1, 0.15) is 33.6 Å². The molecule has 2 unspecified atom stereocenters. The van der Waals surface area contributed by atoms with Gasteiger partial charge in [0.05, 0.1) is 0 Å². The molecule has 0 rings (SSSR count). The summed E-state index contributed by atoms with van der Waals surface area (Å²) in [5.74, 6) is -2.33. The predicted molar refractivity (Wildman–Crippen MR) is 53.9 cm³/mol. The van der Waals surface area contributed by atoms with E-state index in [0.717, 1.165) is 12.8 Å². The van der Waals surface area contributed by atoms with Crippen molar-refractivity contribution in [3.8, 4) is 0 Å². The minimum absolute atomic E-state index is 0.106. The van der Waals surface area contributed by atoms with E-state index in [1.165, 1.54) is 11.8 Å². The molecular weight excluding hydrogens is 182 g/mol. The van der Waals surface area contributed by atoms with E-state index in [4.69, 9.17) is 5.11 Å². The van der Waals surface area contributed by atoms with Crippen LogP contribution in [0.15, 0.2) is 0 Å². The molecule has 82 valence electrons. The number of hydrogen-bond donors (Lipinski definition) is 1. The summed E-state index contributed by atoms with van der Waals surface area (Å²) < 4.78 is 0. The summed E-state index contributed by atoms with van der Waals surface area (Å²) in [6, 6.07) is 0.106. The molecule has 2 atom stereocenters. The molecule has 0 saturated carbocycles. The predicted octanol–water partition coefficient (Wildman–Crippen LogP) is 1.35. The van der Waals surface area contributed by atoms with Gasteiger partial charge in [0, 0.05) is 13.1 Å². The molecule has 0 aromatic heterocycles. The van der Waals surface area contributed by atoms with Crippen LogP contribution in [0.25, 0.3) is 0 Å². The third-order valence-corrected chi connectivity index (χ3v) is 2.46. The zero-order valence-electron chi connectivity index (χ0n) is 9.28. The highest BCUT2D eigenvalue weighted by atomic mass is 16.4. The number of nitrogens with zero attached hydrogens (tertiary/aromatic N) is 1. The molecule has 0 aliphatic rings. The van der Waals surface area contributed by atoms with Crippen LogP contribution in [0, 0.1) is 5.92 Å². The molecule has 14 heavy (non-hydrogen) atoms. The summed E-state index contributed by atoms with van der Waals surface area (Å²) in [7, 11) is 1.65. The van der Waals surface area contributed by atoms with E-state index >= 15 is 0 Å². The van der Waals surface area contributed by atoms with Crippen LogP contribution in [-0.4, -0.2) is 35.0 Å². The van der Waals surface area contributed by atoms with Gasteiger partial charge in [0.15, 0.2) is 0 Å². The summed E-state index contributed by atoms with van der Waals surface area (Å²) in [4.78, 5) is 23.6. The molecule has 0 fully saturated rings. The molecule has 0 aliphatic carbocycles. The van der Waals surface area contributed by atoms with E-state index < -0.39 is 11.9 Å². The fourth-order valence-corrected chi connectivity index (χ4v) is 1.24. The number of carboxylic acids is 1. The molecule has 0 heterocycles. The number of carboxylic acid groups (broad SMARTS) is 1. The van der Waals surface area contributed by atoms with E-state index in [0.29, 0.717) is 0 Å². The second-order valence-corrected chi connectivity index (χ2v) is 3.65. The Balaban J connectivity index is 4.30. The van der Waals surface area contributed by atoms with Gasteiger partial charge >= 0.3 is 5.97 Å². The van der Waals surface area contributed by atoms with E-state index in [1.54, 1.807) is 7.05 Å². The highest BCUT2D eigenvalue weighted by Gasteiger charge is 2.26. The van der Waals surface area contributed by atoms with Gasteiger partial charge in [0.25, 0.3) is 0 Å². The molecule has 0 saturated heterocycles. The summed E-state index contributed by atoms with van der Waals surface area (Å²) in [5, 5.41) is 8.67. The lowest BCUT2D eigenvalue weighted by Crippen LogP contribution is -2.40. The minimum Gasteiger partial charge on any atom is -0.481 e. The van der Waals surface area contributed by atoms with Crippen molar-refractivity contribution in [2.75, 3.05) is 7.05 Å². The molecule has 1 amide bonds.